The fraction of sp³-hybridized carbons (Fsp3) is 0.640. The van der Waals surface area contributed by atoms with E-state index in [1.165, 1.54) is 32.4 Å². The Balaban J connectivity index is 1.23. The van der Waals surface area contributed by atoms with E-state index in [-0.39, 0.29) is 24.3 Å². The largest absolute Gasteiger partial charge is 0.343 e. The van der Waals surface area contributed by atoms with Crippen molar-refractivity contribution in [3.05, 3.63) is 29.8 Å². The normalized spacial score (nSPS) is 22.9. The zero-order valence-electron chi connectivity index (χ0n) is 19.2. The van der Waals surface area contributed by atoms with Crippen LogP contribution in [0.5, 0.6) is 0 Å². The van der Waals surface area contributed by atoms with E-state index in [4.69, 9.17) is 0 Å². The second kappa shape index (κ2) is 10.5. The van der Waals surface area contributed by atoms with Gasteiger partial charge in [-0.25, -0.2) is 0 Å². The lowest BCUT2D eigenvalue weighted by molar-refractivity contribution is -0.132. The van der Waals surface area contributed by atoms with Crippen molar-refractivity contribution in [1.29, 1.82) is 0 Å². The van der Waals surface area contributed by atoms with E-state index in [1.54, 1.807) is 29.2 Å². The molecule has 1 unspecified atom stereocenters. The minimum absolute atomic E-state index is 0.00500. The highest BCUT2D eigenvalue weighted by molar-refractivity contribution is 5.98. The maximum absolute atomic E-state index is 12.7. The van der Waals surface area contributed by atoms with Crippen LogP contribution in [0.25, 0.3) is 0 Å². The third-order valence-electron chi connectivity index (χ3n) is 7.18. The molecule has 0 aliphatic carbocycles. The summed E-state index contributed by atoms with van der Waals surface area (Å²) in [6, 6.07) is 7.04. The molecule has 0 aromatic heterocycles. The first-order valence-electron chi connectivity index (χ1n) is 12.2. The Bertz CT molecular complexity index is 817. The summed E-state index contributed by atoms with van der Waals surface area (Å²) in [4.78, 5) is 43.3. The molecular formula is C25H36N4O3. The predicted molar refractivity (Wildman–Crippen MR) is 125 cm³/mol. The highest BCUT2D eigenvalue weighted by Crippen LogP contribution is 2.23. The standard InChI is InChI=1S/C25H36N4O3/c1-19-10-14-27(15-11-19)17-20-4-2-12-28(18-20)24(31)16-26-25(32)21-6-8-22(9-7-21)29-13-3-5-23(29)30/h6-9,19-20H,2-5,10-18H2,1H3,(H,26,32). The van der Waals surface area contributed by atoms with Crippen molar-refractivity contribution in [2.24, 2.45) is 11.8 Å². The van der Waals surface area contributed by atoms with Crippen molar-refractivity contribution in [2.45, 2.75) is 45.4 Å². The summed E-state index contributed by atoms with van der Waals surface area (Å²) < 4.78 is 0. The molecule has 1 aromatic carbocycles. The van der Waals surface area contributed by atoms with E-state index in [9.17, 15) is 14.4 Å². The van der Waals surface area contributed by atoms with E-state index in [1.807, 2.05) is 4.90 Å². The van der Waals surface area contributed by atoms with Gasteiger partial charge in [0, 0.05) is 43.9 Å². The first-order valence-corrected chi connectivity index (χ1v) is 12.2. The van der Waals surface area contributed by atoms with Gasteiger partial charge in [-0.3, -0.25) is 14.4 Å². The molecule has 3 aliphatic heterocycles. The first-order chi connectivity index (χ1) is 15.5. The minimum atomic E-state index is -0.256. The Morgan fingerprint density at radius 2 is 1.75 bits per heavy atom. The third kappa shape index (κ3) is 5.68. The molecule has 1 N–H and O–H groups in total. The highest BCUT2D eigenvalue weighted by atomic mass is 16.2. The Morgan fingerprint density at radius 3 is 2.44 bits per heavy atom. The van der Waals surface area contributed by atoms with E-state index < -0.39 is 0 Å². The number of hydrogen-bond acceptors (Lipinski definition) is 4. The third-order valence-corrected chi connectivity index (χ3v) is 7.18. The molecule has 0 radical (unpaired) electrons. The van der Waals surface area contributed by atoms with Crippen molar-refractivity contribution >= 4 is 23.4 Å². The van der Waals surface area contributed by atoms with E-state index in [0.717, 1.165) is 50.6 Å². The van der Waals surface area contributed by atoms with Gasteiger partial charge in [-0.05, 0) is 81.3 Å². The van der Waals surface area contributed by atoms with Gasteiger partial charge in [-0.15, -0.1) is 0 Å². The molecule has 0 spiro atoms. The topological polar surface area (TPSA) is 73.0 Å². The number of anilines is 1. The van der Waals surface area contributed by atoms with Gasteiger partial charge in [0.1, 0.15) is 0 Å². The molecule has 3 fully saturated rings. The molecule has 3 amide bonds. The number of nitrogens with zero attached hydrogens (tertiary/aromatic N) is 3. The number of carbonyl (C=O) groups excluding carboxylic acids is 3. The fourth-order valence-corrected chi connectivity index (χ4v) is 5.13. The van der Waals surface area contributed by atoms with Gasteiger partial charge in [0.25, 0.3) is 5.91 Å². The number of benzene rings is 1. The molecule has 3 aliphatic rings. The number of rotatable bonds is 6. The molecule has 0 saturated carbocycles. The number of likely N-dealkylation sites (tertiary alicyclic amines) is 2. The summed E-state index contributed by atoms with van der Waals surface area (Å²) in [6.45, 7) is 8.08. The molecule has 3 saturated heterocycles. The zero-order chi connectivity index (χ0) is 22.5. The highest BCUT2D eigenvalue weighted by Gasteiger charge is 2.27. The number of hydrogen-bond donors (Lipinski definition) is 1. The Kier molecular flexibility index (Phi) is 7.45. The lowest BCUT2D eigenvalue weighted by atomic mass is 9.94. The predicted octanol–water partition coefficient (Wildman–Crippen LogP) is 2.51. The summed E-state index contributed by atoms with van der Waals surface area (Å²) in [5.41, 5.74) is 1.33. The van der Waals surface area contributed by atoms with Gasteiger partial charge < -0.3 is 20.0 Å². The quantitative estimate of drug-likeness (QED) is 0.738. The Hall–Kier alpha value is -2.41. The van der Waals surface area contributed by atoms with Gasteiger partial charge >= 0.3 is 0 Å². The number of carbonyl (C=O) groups is 3. The van der Waals surface area contributed by atoms with Crippen LogP contribution in [-0.4, -0.2) is 73.3 Å². The summed E-state index contributed by atoms with van der Waals surface area (Å²) in [6.07, 6.45) is 6.21. The fourth-order valence-electron chi connectivity index (χ4n) is 5.13. The van der Waals surface area contributed by atoms with Crippen LogP contribution in [0.2, 0.25) is 0 Å². The van der Waals surface area contributed by atoms with Crippen molar-refractivity contribution in [1.82, 2.24) is 15.1 Å². The summed E-state index contributed by atoms with van der Waals surface area (Å²) in [5, 5.41) is 2.77. The minimum Gasteiger partial charge on any atom is -0.343 e. The number of amides is 3. The van der Waals surface area contributed by atoms with Gasteiger partial charge in [-0.2, -0.15) is 0 Å². The molecule has 1 aromatic rings. The number of piperidine rings is 2. The molecule has 7 nitrogen and oxygen atoms in total. The van der Waals surface area contributed by atoms with Crippen molar-refractivity contribution in [2.75, 3.05) is 50.7 Å². The van der Waals surface area contributed by atoms with Crippen LogP contribution in [0.3, 0.4) is 0 Å². The smallest absolute Gasteiger partial charge is 0.251 e. The second-order valence-electron chi connectivity index (χ2n) is 9.71. The van der Waals surface area contributed by atoms with Crippen LogP contribution < -0.4 is 10.2 Å². The van der Waals surface area contributed by atoms with Crippen molar-refractivity contribution < 1.29 is 14.4 Å². The van der Waals surface area contributed by atoms with Crippen LogP contribution in [0.1, 0.15) is 55.8 Å². The average Bonchev–Trinajstić information content (AvgIpc) is 3.25. The van der Waals surface area contributed by atoms with Crippen LogP contribution >= 0.6 is 0 Å². The lowest BCUT2D eigenvalue weighted by Crippen LogP contribution is -2.48. The monoisotopic (exact) mass is 440 g/mol. The van der Waals surface area contributed by atoms with E-state index >= 15 is 0 Å². The SMILES string of the molecule is CC1CCN(CC2CCCN(C(=O)CNC(=O)c3ccc(N4CCCC4=O)cc3)C2)CC1. The maximum Gasteiger partial charge on any atom is 0.251 e. The van der Waals surface area contributed by atoms with Crippen LogP contribution in [-0.2, 0) is 9.59 Å². The molecular weight excluding hydrogens is 404 g/mol. The zero-order valence-corrected chi connectivity index (χ0v) is 19.2. The second-order valence-corrected chi connectivity index (χ2v) is 9.71. The molecule has 1 atom stereocenters. The van der Waals surface area contributed by atoms with E-state index in [0.29, 0.717) is 17.9 Å². The van der Waals surface area contributed by atoms with Gasteiger partial charge in [-0.1, -0.05) is 6.92 Å². The van der Waals surface area contributed by atoms with Gasteiger partial charge in [0.2, 0.25) is 11.8 Å². The Labute approximate surface area is 191 Å². The molecule has 7 heteroatoms. The molecule has 32 heavy (non-hydrogen) atoms. The maximum atomic E-state index is 12.7. The molecule has 4 rings (SSSR count). The lowest BCUT2D eigenvalue weighted by Gasteiger charge is -2.37. The summed E-state index contributed by atoms with van der Waals surface area (Å²) in [7, 11) is 0. The van der Waals surface area contributed by atoms with Crippen LogP contribution in [0.4, 0.5) is 5.69 Å². The van der Waals surface area contributed by atoms with E-state index in [2.05, 4.69) is 17.1 Å². The Morgan fingerprint density at radius 1 is 1.00 bits per heavy atom. The average molecular weight is 441 g/mol. The van der Waals surface area contributed by atoms with Gasteiger partial charge in [0.05, 0.1) is 6.54 Å². The first kappa shape index (κ1) is 22.8. The number of nitrogens with one attached hydrogen (secondary N) is 1. The van der Waals surface area contributed by atoms with Crippen molar-refractivity contribution in [3.8, 4) is 0 Å². The van der Waals surface area contributed by atoms with Crippen LogP contribution in [0, 0.1) is 11.8 Å². The van der Waals surface area contributed by atoms with Crippen molar-refractivity contribution in [3.63, 3.8) is 0 Å². The molecule has 3 heterocycles. The summed E-state index contributed by atoms with van der Waals surface area (Å²) in [5.74, 6) is 1.22. The van der Waals surface area contributed by atoms with Crippen LogP contribution in [0.15, 0.2) is 24.3 Å². The molecule has 174 valence electrons. The van der Waals surface area contributed by atoms with Gasteiger partial charge in [0.15, 0.2) is 0 Å². The molecule has 0 bridgehead atoms. The summed E-state index contributed by atoms with van der Waals surface area (Å²) >= 11 is 0.